The van der Waals surface area contributed by atoms with Gasteiger partial charge in [0.05, 0.1) is 22.6 Å². The highest BCUT2D eigenvalue weighted by Gasteiger charge is 2.45. The Hall–Kier alpha value is -6.16. The van der Waals surface area contributed by atoms with E-state index in [1.54, 1.807) is 0 Å². The first-order valence-corrected chi connectivity index (χ1v) is 19.4. The highest BCUT2D eigenvalue weighted by Crippen LogP contribution is 2.36. The Kier molecular flexibility index (Phi) is 10.2. The Bertz CT molecular complexity index is 2370. The number of carbonyl (C=O) groups excluding carboxylic acids is 5. The van der Waals surface area contributed by atoms with Gasteiger partial charge in [0, 0.05) is 36.4 Å². The van der Waals surface area contributed by atoms with Gasteiger partial charge in [0.1, 0.15) is 41.2 Å². The number of hydrogen-bond donors (Lipinski definition) is 2. The number of nitrogen functional groups attached to an aromatic ring is 1. The smallest absolute Gasteiger partial charge is 0.262 e. The van der Waals surface area contributed by atoms with E-state index in [9.17, 15) is 24.0 Å². The van der Waals surface area contributed by atoms with E-state index >= 15 is 4.39 Å². The third kappa shape index (κ3) is 7.19. The molecule has 14 nitrogen and oxygen atoms in total. The van der Waals surface area contributed by atoms with Crippen molar-refractivity contribution < 1.29 is 33.1 Å². The van der Waals surface area contributed by atoms with Crippen molar-refractivity contribution in [2.45, 2.75) is 61.9 Å². The summed E-state index contributed by atoms with van der Waals surface area (Å²) in [5.41, 5.74) is 8.37. The Morgan fingerprint density at radius 2 is 1.70 bits per heavy atom. The van der Waals surface area contributed by atoms with Crippen molar-refractivity contribution in [2.75, 3.05) is 24.6 Å². The van der Waals surface area contributed by atoms with Crippen LogP contribution in [-0.4, -0.2) is 84.0 Å². The Morgan fingerprint density at radius 1 is 0.946 bits per heavy atom. The number of amides is 5. The van der Waals surface area contributed by atoms with Crippen LogP contribution in [0.25, 0.3) is 22.3 Å². The highest BCUT2D eigenvalue weighted by atomic mass is 32.2. The lowest BCUT2D eigenvalue weighted by atomic mass is 10.0. The van der Waals surface area contributed by atoms with Crippen molar-refractivity contribution in [1.82, 2.24) is 34.9 Å². The van der Waals surface area contributed by atoms with E-state index in [0.29, 0.717) is 66.4 Å². The summed E-state index contributed by atoms with van der Waals surface area (Å²) in [6.45, 7) is 1.08. The maximum Gasteiger partial charge on any atom is 0.262 e. The van der Waals surface area contributed by atoms with Crippen LogP contribution in [0.3, 0.4) is 0 Å². The van der Waals surface area contributed by atoms with E-state index in [1.807, 2.05) is 64.2 Å². The van der Waals surface area contributed by atoms with Gasteiger partial charge >= 0.3 is 0 Å². The second-order valence-electron chi connectivity index (χ2n) is 13.9. The van der Waals surface area contributed by atoms with E-state index in [0.717, 1.165) is 35.1 Å². The summed E-state index contributed by atoms with van der Waals surface area (Å²) in [4.78, 5) is 75.2. The van der Waals surface area contributed by atoms with Crippen molar-refractivity contribution in [3.05, 3.63) is 90.0 Å². The standard InChI is InChI=1S/C40H37FN8O6S/c41-29-19-27-28(40(54)48(39(27)53)30-15-16-32(50)45-38(30)52)20-31(29)56-18-5-4-10-33(51)47-17-6-7-24(21-47)49-37-34(36(42)43-22-44-37)35(46-49)23-11-13-26(14-12-23)55-25-8-2-1-3-9-25/h1-3,8-9,11-14,19-20,22,24,30H,4-7,10,15-18,21H2,(H2,42,43,44)(H,45,50,52). The number of hydrogen-bond acceptors (Lipinski definition) is 11. The quantitative estimate of drug-likeness (QED) is 0.0977. The SMILES string of the molecule is Nc1ncnc2c1c(-c1ccc(Oc3ccccc3)cc1)nn2C1CCCN(C(=O)CCCCSc2cc3c(cc2F)C(=O)N(C2CCC(=O)NC2=O)C3=O)C1. The molecule has 5 heterocycles. The first-order chi connectivity index (χ1) is 27.2. The number of thioether (sulfide) groups is 1. The number of likely N-dealkylation sites (tertiary alicyclic amines) is 1. The molecule has 5 amide bonds. The predicted molar refractivity (Wildman–Crippen MR) is 204 cm³/mol. The van der Waals surface area contributed by atoms with Crippen LogP contribution in [0.2, 0.25) is 0 Å². The van der Waals surface area contributed by atoms with E-state index in [4.69, 9.17) is 15.6 Å². The zero-order chi connectivity index (χ0) is 38.9. The minimum absolute atomic E-state index is 0.00394. The van der Waals surface area contributed by atoms with E-state index in [-0.39, 0.29) is 40.8 Å². The number of para-hydroxylation sites is 1. The molecule has 8 rings (SSSR count). The lowest BCUT2D eigenvalue weighted by Gasteiger charge is -2.33. The predicted octanol–water partition coefficient (Wildman–Crippen LogP) is 5.53. The van der Waals surface area contributed by atoms with Gasteiger partial charge in [0.15, 0.2) is 5.65 Å². The summed E-state index contributed by atoms with van der Waals surface area (Å²) in [5.74, 6) is -1.07. The molecule has 0 bridgehead atoms. The van der Waals surface area contributed by atoms with E-state index < -0.39 is 35.5 Å². The molecule has 2 unspecified atom stereocenters. The van der Waals surface area contributed by atoms with Crippen LogP contribution in [0.4, 0.5) is 10.2 Å². The van der Waals surface area contributed by atoms with Crippen LogP contribution in [0, 0.1) is 5.82 Å². The van der Waals surface area contributed by atoms with Gasteiger partial charge in [0.2, 0.25) is 17.7 Å². The number of carbonyl (C=O) groups is 5. The molecule has 0 aliphatic carbocycles. The maximum absolute atomic E-state index is 15.1. The zero-order valence-electron chi connectivity index (χ0n) is 30.2. The summed E-state index contributed by atoms with van der Waals surface area (Å²) in [7, 11) is 0. The largest absolute Gasteiger partial charge is 0.457 e. The van der Waals surface area contributed by atoms with Gasteiger partial charge in [-0.3, -0.25) is 34.2 Å². The van der Waals surface area contributed by atoms with Crippen molar-refractivity contribution in [2.24, 2.45) is 0 Å². The van der Waals surface area contributed by atoms with Gasteiger partial charge < -0.3 is 15.4 Å². The molecular weight excluding hydrogens is 740 g/mol. The molecule has 0 spiro atoms. The molecule has 286 valence electrons. The van der Waals surface area contributed by atoms with Crippen LogP contribution >= 0.6 is 11.8 Å². The van der Waals surface area contributed by atoms with Gasteiger partial charge in [-0.1, -0.05) is 18.2 Å². The minimum atomic E-state index is -1.12. The summed E-state index contributed by atoms with van der Waals surface area (Å²) >= 11 is 1.20. The van der Waals surface area contributed by atoms with Crippen molar-refractivity contribution in [1.29, 1.82) is 0 Å². The van der Waals surface area contributed by atoms with Crippen LogP contribution in [0.5, 0.6) is 11.5 Å². The number of imide groups is 2. The molecule has 0 saturated carbocycles. The Labute approximate surface area is 324 Å². The maximum atomic E-state index is 15.1. The molecular formula is C40H37FN8O6S. The molecule has 3 aliphatic heterocycles. The summed E-state index contributed by atoms with van der Waals surface area (Å²) < 4.78 is 22.9. The molecule has 2 aromatic heterocycles. The van der Waals surface area contributed by atoms with E-state index in [2.05, 4.69) is 15.3 Å². The number of ether oxygens (including phenoxy) is 1. The molecule has 2 fully saturated rings. The molecule has 2 atom stereocenters. The number of nitrogens with zero attached hydrogens (tertiary/aromatic N) is 6. The van der Waals surface area contributed by atoms with Crippen molar-refractivity contribution in [3.8, 4) is 22.8 Å². The highest BCUT2D eigenvalue weighted by molar-refractivity contribution is 7.99. The summed E-state index contributed by atoms with van der Waals surface area (Å²) in [5, 5.41) is 7.79. The number of anilines is 1. The zero-order valence-corrected chi connectivity index (χ0v) is 31.0. The van der Waals surface area contributed by atoms with Crippen LogP contribution in [0.1, 0.15) is 71.7 Å². The molecule has 0 radical (unpaired) electrons. The fourth-order valence-electron chi connectivity index (χ4n) is 7.44. The van der Waals surface area contributed by atoms with Crippen molar-refractivity contribution in [3.63, 3.8) is 0 Å². The van der Waals surface area contributed by atoms with E-state index in [1.165, 1.54) is 24.2 Å². The Balaban J connectivity index is 0.874. The molecule has 3 aliphatic rings. The molecule has 5 aromatic rings. The first-order valence-electron chi connectivity index (χ1n) is 18.4. The van der Waals surface area contributed by atoms with Gasteiger partial charge in [0.25, 0.3) is 11.8 Å². The average molecular weight is 777 g/mol. The third-order valence-electron chi connectivity index (χ3n) is 10.3. The number of aromatic nitrogens is 4. The summed E-state index contributed by atoms with van der Waals surface area (Å²) in [6, 6.07) is 18.2. The number of piperidine rings is 2. The topological polar surface area (TPSA) is 183 Å². The number of nitrogens with two attached hydrogens (primary N) is 1. The van der Waals surface area contributed by atoms with Crippen LogP contribution in [0.15, 0.2) is 78.0 Å². The first kappa shape index (κ1) is 36.8. The number of nitrogens with one attached hydrogen (secondary N) is 1. The third-order valence-corrected chi connectivity index (χ3v) is 11.4. The minimum Gasteiger partial charge on any atom is -0.457 e. The molecule has 2 saturated heterocycles. The summed E-state index contributed by atoms with van der Waals surface area (Å²) in [6.07, 6.45) is 4.51. The number of benzene rings is 3. The van der Waals surface area contributed by atoms with Crippen LogP contribution in [-0.2, 0) is 14.4 Å². The fourth-order valence-corrected chi connectivity index (χ4v) is 8.40. The number of unbranched alkanes of at least 4 members (excludes halogenated alkanes) is 1. The molecule has 3 aromatic carbocycles. The van der Waals surface area contributed by atoms with Crippen LogP contribution < -0.4 is 15.8 Å². The molecule has 16 heteroatoms. The Morgan fingerprint density at radius 3 is 2.46 bits per heavy atom. The number of fused-ring (bicyclic) bond motifs is 2. The number of halogens is 1. The molecule has 56 heavy (non-hydrogen) atoms. The van der Waals surface area contributed by atoms with Gasteiger partial charge in [-0.15, -0.1) is 11.8 Å². The van der Waals surface area contributed by atoms with Gasteiger partial charge in [-0.05, 0) is 86.4 Å². The van der Waals surface area contributed by atoms with Crippen molar-refractivity contribution >= 4 is 58.1 Å². The lowest BCUT2D eigenvalue weighted by Crippen LogP contribution is -2.54. The van der Waals surface area contributed by atoms with Gasteiger partial charge in [-0.25, -0.2) is 19.0 Å². The number of rotatable bonds is 11. The second-order valence-corrected chi connectivity index (χ2v) is 15.0. The lowest BCUT2D eigenvalue weighted by molar-refractivity contribution is -0.136. The fraction of sp³-hybridized carbons (Fsp3) is 0.300. The normalized spacial score (nSPS) is 18.4. The molecule has 3 N–H and O–H groups in total. The monoisotopic (exact) mass is 776 g/mol. The average Bonchev–Trinajstić information content (AvgIpc) is 3.70. The van der Waals surface area contributed by atoms with Gasteiger partial charge in [-0.2, -0.15) is 5.10 Å². The second kappa shape index (κ2) is 15.5.